The summed E-state index contributed by atoms with van der Waals surface area (Å²) in [4.78, 5) is 2.15. The summed E-state index contributed by atoms with van der Waals surface area (Å²) >= 11 is 6.06. The molecule has 1 heterocycles. The van der Waals surface area contributed by atoms with Crippen LogP contribution in [0.25, 0.3) is 0 Å². The minimum atomic E-state index is -4.73. The molecule has 0 aromatic heterocycles. The maximum Gasteiger partial charge on any atom is 0.573 e. The maximum absolute atomic E-state index is 12.4. The van der Waals surface area contributed by atoms with Gasteiger partial charge in [-0.2, -0.15) is 0 Å². The van der Waals surface area contributed by atoms with Crippen LogP contribution in [0.2, 0.25) is 5.02 Å². The molecular weight excluding hydrogens is 369 g/mol. The number of hydrogen-bond acceptors (Lipinski definition) is 4. The molecule has 140 valence electrons. The second-order valence-electron chi connectivity index (χ2n) is 5.98. The van der Waals surface area contributed by atoms with Crippen LogP contribution in [0.1, 0.15) is 17.2 Å². The van der Waals surface area contributed by atoms with Crippen LogP contribution < -0.4 is 10.1 Å². The molecule has 2 aromatic carbocycles. The summed E-state index contributed by atoms with van der Waals surface area (Å²) in [6.07, 6.45) is -4.73. The van der Waals surface area contributed by atoms with Crippen molar-refractivity contribution < 1.29 is 23.0 Å². The SMILES string of the molecule is Oc1c(Cl)cccc1[C@H](c1ccc(OC(F)(F)F)cc1)N1CCNCC1. The van der Waals surface area contributed by atoms with E-state index in [1.165, 1.54) is 12.1 Å². The van der Waals surface area contributed by atoms with Gasteiger partial charge in [0.05, 0.1) is 11.1 Å². The van der Waals surface area contributed by atoms with E-state index in [2.05, 4.69) is 15.0 Å². The molecule has 1 atom stereocenters. The Labute approximate surface area is 154 Å². The zero-order chi connectivity index (χ0) is 18.7. The topological polar surface area (TPSA) is 44.7 Å². The van der Waals surface area contributed by atoms with Crippen LogP contribution in [0.4, 0.5) is 13.2 Å². The summed E-state index contributed by atoms with van der Waals surface area (Å²) in [5, 5.41) is 13.9. The number of phenolic OH excluding ortho intramolecular Hbond substituents is 1. The minimum Gasteiger partial charge on any atom is -0.506 e. The molecule has 4 nitrogen and oxygen atoms in total. The van der Waals surface area contributed by atoms with Crippen LogP contribution >= 0.6 is 11.6 Å². The molecule has 1 saturated heterocycles. The number of nitrogens with zero attached hydrogens (tertiary/aromatic N) is 1. The van der Waals surface area contributed by atoms with Gasteiger partial charge in [-0.25, -0.2) is 0 Å². The predicted octanol–water partition coefficient (Wildman–Crippen LogP) is 3.94. The van der Waals surface area contributed by atoms with Gasteiger partial charge < -0.3 is 15.2 Å². The van der Waals surface area contributed by atoms with E-state index >= 15 is 0 Å². The number of rotatable bonds is 4. The Balaban J connectivity index is 1.96. The quantitative estimate of drug-likeness (QED) is 0.835. The summed E-state index contributed by atoms with van der Waals surface area (Å²) in [6.45, 7) is 3.04. The standard InChI is InChI=1S/C18H18ClF3N2O2/c19-15-3-1-2-14(17(15)25)16(24-10-8-23-9-11-24)12-4-6-13(7-5-12)26-18(20,21)22/h1-7,16,23,25H,8-11H2/t16-/m0/s1. The molecule has 0 aliphatic carbocycles. The molecule has 2 N–H and O–H groups in total. The van der Waals surface area contributed by atoms with Crippen molar-refractivity contribution in [3.8, 4) is 11.5 Å². The lowest BCUT2D eigenvalue weighted by Crippen LogP contribution is -2.45. The Bertz CT molecular complexity index is 747. The first kappa shape index (κ1) is 18.8. The van der Waals surface area contributed by atoms with Crippen molar-refractivity contribution in [2.75, 3.05) is 26.2 Å². The summed E-state index contributed by atoms with van der Waals surface area (Å²) in [5.74, 6) is -0.302. The van der Waals surface area contributed by atoms with Gasteiger partial charge in [0.2, 0.25) is 0 Å². The number of nitrogens with one attached hydrogen (secondary N) is 1. The van der Waals surface area contributed by atoms with Gasteiger partial charge in [-0.3, -0.25) is 4.90 Å². The number of ether oxygens (including phenoxy) is 1. The maximum atomic E-state index is 12.4. The molecule has 3 rings (SSSR count). The Hall–Kier alpha value is -1.96. The number of para-hydroxylation sites is 1. The predicted molar refractivity (Wildman–Crippen MR) is 92.5 cm³/mol. The van der Waals surface area contributed by atoms with E-state index in [9.17, 15) is 18.3 Å². The number of phenols is 1. The summed E-state index contributed by atoms with van der Waals surface area (Å²) in [7, 11) is 0. The Morgan fingerprint density at radius 2 is 1.73 bits per heavy atom. The third-order valence-electron chi connectivity index (χ3n) is 4.26. The molecule has 26 heavy (non-hydrogen) atoms. The van der Waals surface area contributed by atoms with Gasteiger partial charge in [0.1, 0.15) is 11.5 Å². The summed E-state index contributed by atoms with van der Waals surface area (Å²) in [5.41, 5.74) is 1.36. The van der Waals surface area contributed by atoms with E-state index in [4.69, 9.17) is 11.6 Å². The Morgan fingerprint density at radius 1 is 1.08 bits per heavy atom. The highest BCUT2D eigenvalue weighted by atomic mass is 35.5. The zero-order valence-electron chi connectivity index (χ0n) is 13.8. The first-order chi connectivity index (χ1) is 12.3. The Morgan fingerprint density at radius 3 is 2.35 bits per heavy atom. The largest absolute Gasteiger partial charge is 0.573 e. The molecule has 0 unspecified atom stereocenters. The lowest BCUT2D eigenvalue weighted by molar-refractivity contribution is -0.274. The normalized spacial score (nSPS) is 17.1. The number of alkyl halides is 3. The molecule has 1 aliphatic heterocycles. The van der Waals surface area contributed by atoms with E-state index in [0.29, 0.717) is 5.56 Å². The molecule has 0 spiro atoms. The van der Waals surface area contributed by atoms with E-state index < -0.39 is 6.36 Å². The lowest BCUT2D eigenvalue weighted by atomic mass is 9.95. The van der Waals surface area contributed by atoms with Crippen molar-refractivity contribution in [1.29, 1.82) is 0 Å². The fourth-order valence-corrected chi connectivity index (χ4v) is 3.31. The lowest BCUT2D eigenvalue weighted by Gasteiger charge is -2.36. The third-order valence-corrected chi connectivity index (χ3v) is 4.56. The van der Waals surface area contributed by atoms with E-state index in [-0.39, 0.29) is 22.6 Å². The number of aromatic hydroxyl groups is 1. The minimum absolute atomic E-state index is 0.0201. The van der Waals surface area contributed by atoms with Crippen LogP contribution in [-0.2, 0) is 0 Å². The van der Waals surface area contributed by atoms with Crippen molar-refractivity contribution in [3.05, 3.63) is 58.6 Å². The van der Waals surface area contributed by atoms with E-state index in [1.807, 2.05) is 0 Å². The number of piperazine rings is 1. The fourth-order valence-electron chi connectivity index (χ4n) is 3.13. The molecule has 0 bridgehead atoms. The molecular formula is C18H18ClF3N2O2. The van der Waals surface area contributed by atoms with Crippen LogP contribution in [0.5, 0.6) is 11.5 Å². The molecule has 1 fully saturated rings. The summed E-state index contributed by atoms with van der Waals surface area (Å²) < 4.78 is 41.0. The molecule has 1 aliphatic rings. The van der Waals surface area contributed by atoms with Crippen molar-refractivity contribution in [2.24, 2.45) is 0 Å². The Kier molecular flexibility index (Phi) is 5.60. The zero-order valence-corrected chi connectivity index (χ0v) is 14.5. The highest BCUT2D eigenvalue weighted by molar-refractivity contribution is 6.32. The van der Waals surface area contributed by atoms with Gasteiger partial charge in [0, 0.05) is 31.7 Å². The fraction of sp³-hybridized carbons (Fsp3) is 0.333. The third kappa shape index (κ3) is 4.41. The van der Waals surface area contributed by atoms with E-state index in [1.54, 1.807) is 30.3 Å². The first-order valence-corrected chi connectivity index (χ1v) is 8.51. The molecule has 0 radical (unpaired) electrons. The molecule has 0 saturated carbocycles. The molecule has 0 amide bonds. The van der Waals surface area contributed by atoms with Crippen LogP contribution in [0.3, 0.4) is 0 Å². The van der Waals surface area contributed by atoms with Crippen LogP contribution in [0.15, 0.2) is 42.5 Å². The first-order valence-electron chi connectivity index (χ1n) is 8.13. The van der Waals surface area contributed by atoms with Gasteiger partial charge in [0.15, 0.2) is 0 Å². The van der Waals surface area contributed by atoms with Gasteiger partial charge in [-0.1, -0.05) is 35.9 Å². The van der Waals surface area contributed by atoms with Crippen molar-refractivity contribution in [1.82, 2.24) is 10.2 Å². The van der Waals surface area contributed by atoms with Gasteiger partial charge in [-0.15, -0.1) is 13.2 Å². The molecule has 8 heteroatoms. The van der Waals surface area contributed by atoms with E-state index in [0.717, 1.165) is 31.7 Å². The number of benzene rings is 2. The average Bonchev–Trinajstić information content (AvgIpc) is 2.60. The van der Waals surface area contributed by atoms with Gasteiger partial charge >= 0.3 is 6.36 Å². The smallest absolute Gasteiger partial charge is 0.506 e. The highest BCUT2D eigenvalue weighted by Gasteiger charge is 2.31. The van der Waals surface area contributed by atoms with Gasteiger partial charge in [0.25, 0.3) is 0 Å². The number of hydrogen-bond donors (Lipinski definition) is 2. The second kappa shape index (κ2) is 7.73. The van der Waals surface area contributed by atoms with Crippen molar-refractivity contribution in [3.63, 3.8) is 0 Å². The summed E-state index contributed by atoms with van der Waals surface area (Å²) in [6, 6.07) is 10.5. The van der Waals surface area contributed by atoms with Crippen molar-refractivity contribution >= 4 is 11.6 Å². The van der Waals surface area contributed by atoms with Crippen LogP contribution in [0, 0.1) is 0 Å². The average molecular weight is 387 g/mol. The molecule has 2 aromatic rings. The monoisotopic (exact) mass is 386 g/mol. The van der Waals surface area contributed by atoms with Crippen LogP contribution in [-0.4, -0.2) is 42.5 Å². The second-order valence-corrected chi connectivity index (χ2v) is 6.39. The van der Waals surface area contributed by atoms with Crippen molar-refractivity contribution in [2.45, 2.75) is 12.4 Å². The van der Waals surface area contributed by atoms with Gasteiger partial charge in [-0.05, 0) is 23.8 Å². The highest BCUT2D eigenvalue weighted by Crippen LogP contribution is 2.38. The number of halogens is 4.